The molecule has 0 saturated carbocycles. The Balaban J connectivity index is 1.80. The Kier molecular flexibility index (Phi) is 3.56. The van der Waals surface area contributed by atoms with E-state index < -0.39 is 0 Å². The SMILES string of the molecule is CN1CCCCC1CNC(=O)c1cn[nH]c1. The highest BCUT2D eigenvalue weighted by atomic mass is 16.1. The van der Waals surface area contributed by atoms with E-state index in [2.05, 4.69) is 27.5 Å². The fourth-order valence-electron chi connectivity index (χ4n) is 2.09. The van der Waals surface area contributed by atoms with Crippen LogP contribution < -0.4 is 5.32 Å². The van der Waals surface area contributed by atoms with Crippen LogP contribution >= 0.6 is 0 Å². The third kappa shape index (κ3) is 2.61. The van der Waals surface area contributed by atoms with Crippen LogP contribution in [-0.4, -0.2) is 47.2 Å². The molecule has 1 atom stereocenters. The number of amides is 1. The van der Waals surface area contributed by atoms with Gasteiger partial charge in [0.05, 0.1) is 11.8 Å². The third-order valence-corrected chi connectivity index (χ3v) is 3.18. The Morgan fingerprint density at radius 2 is 2.56 bits per heavy atom. The lowest BCUT2D eigenvalue weighted by Crippen LogP contribution is -2.44. The van der Waals surface area contributed by atoms with Gasteiger partial charge in [0.15, 0.2) is 0 Å². The molecule has 16 heavy (non-hydrogen) atoms. The van der Waals surface area contributed by atoms with Crippen LogP contribution in [0.5, 0.6) is 0 Å². The van der Waals surface area contributed by atoms with Gasteiger partial charge in [-0.25, -0.2) is 0 Å². The topological polar surface area (TPSA) is 61.0 Å². The van der Waals surface area contributed by atoms with Crippen molar-refractivity contribution < 1.29 is 4.79 Å². The van der Waals surface area contributed by atoms with Crippen LogP contribution in [0.15, 0.2) is 12.4 Å². The van der Waals surface area contributed by atoms with Crippen molar-refractivity contribution in [2.45, 2.75) is 25.3 Å². The van der Waals surface area contributed by atoms with E-state index in [-0.39, 0.29) is 5.91 Å². The second kappa shape index (κ2) is 5.12. The quantitative estimate of drug-likeness (QED) is 0.788. The highest BCUT2D eigenvalue weighted by Gasteiger charge is 2.19. The van der Waals surface area contributed by atoms with E-state index in [1.165, 1.54) is 19.3 Å². The van der Waals surface area contributed by atoms with Gasteiger partial charge < -0.3 is 10.2 Å². The monoisotopic (exact) mass is 222 g/mol. The number of nitrogens with one attached hydrogen (secondary N) is 2. The molecule has 2 N–H and O–H groups in total. The Bertz CT molecular complexity index is 336. The summed E-state index contributed by atoms with van der Waals surface area (Å²) in [6.07, 6.45) is 6.85. The molecule has 1 fully saturated rings. The summed E-state index contributed by atoms with van der Waals surface area (Å²) in [6, 6.07) is 0.476. The van der Waals surface area contributed by atoms with Crippen molar-refractivity contribution >= 4 is 5.91 Å². The summed E-state index contributed by atoms with van der Waals surface area (Å²) >= 11 is 0. The standard InChI is InChI=1S/C11H18N4O/c1-15-5-3-2-4-10(15)8-12-11(16)9-6-13-14-7-9/h6-7,10H,2-5,8H2,1H3,(H,12,16)(H,13,14). The number of hydrogen-bond donors (Lipinski definition) is 2. The van der Waals surface area contributed by atoms with Gasteiger partial charge in [0.25, 0.3) is 5.91 Å². The highest BCUT2D eigenvalue weighted by Crippen LogP contribution is 2.14. The van der Waals surface area contributed by atoms with Gasteiger partial charge in [-0.2, -0.15) is 5.10 Å². The van der Waals surface area contributed by atoms with Gasteiger partial charge in [-0.05, 0) is 26.4 Å². The van der Waals surface area contributed by atoms with E-state index in [9.17, 15) is 4.79 Å². The van der Waals surface area contributed by atoms with Gasteiger partial charge in [0.2, 0.25) is 0 Å². The Labute approximate surface area is 95.2 Å². The lowest BCUT2D eigenvalue weighted by atomic mass is 10.0. The lowest BCUT2D eigenvalue weighted by Gasteiger charge is -2.32. The number of likely N-dealkylation sites (tertiary alicyclic amines) is 1. The van der Waals surface area contributed by atoms with E-state index in [4.69, 9.17) is 0 Å². The molecule has 2 heterocycles. The Morgan fingerprint density at radius 1 is 1.69 bits per heavy atom. The van der Waals surface area contributed by atoms with Crippen LogP contribution in [0.1, 0.15) is 29.6 Å². The molecule has 1 aliphatic rings. The third-order valence-electron chi connectivity index (χ3n) is 3.18. The number of rotatable bonds is 3. The zero-order valence-corrected chi connectivity index (χ0v) is 9.57. The van der Waals surface area contributed by atoms with Gasteiger partial charge in [-0.1, -0.05) is 6.42 Å². The molecule has 5 heteroatoms. The zero-order valence-electron chi connectivity index (χ0n) is 9.57. The van der Waals surface area contributed by atoms with Crippen molar-refractivity contribution in [1.29, 1.82) is 0 Å². The molecule has 1 unspecified atom stereocenters. The highest BCUT2D eigenvalue weighted by molar-refractivity contribution is 5.93. The first-order chi connectivity index (χ1) is 7.77. The van der Waals surface area contributed by atoms with Crippen molar-refractivity contribution in [3.8, 4) is 0 Å². The average molecular weight is 222 g/mol. The first-order valence-corrected chi connectivity index (χ1v) is 5.74. The molecular weight excluding hydrogens is 204 g/mol. The number of aromatic amines is 1. The first-order valence-electron chi connectivity index (χ1n) is 5.74. The molecule has 0 spiro atoms. The van der Waals surface area contributed by atoms with Crippen molar-refractivity contribution in [1.82, 2.24) is 20.4 Å². The van der Waals surface area contributed by atoms with Crippen molar-refractivity contribution in [3.05, 3.63) is 18.0 Å². The van der Waals surface area contributed by atoms with Crippen molar-refractivity contribution in [3.63, 3.8) is 0 Å². The smallest absolute Gasteiger partial charge is 0.254 e. The molecule has 2 rings (SSSR count). The molecule has 88 valence electrons. The summed E-state index contributed by atoms with van der Waals surface area (Å²) in [4.78, 5) is 14.0. The number of piperidine rings is 1. The predicted octanol–water partition coefficient (Wildman–Crippen LogP) is 0.624. The molecule has 0 bridgehead atoms. The largest absolute Gasteiger partial charge is 0.350 e. The molecule has 0 aromatic carbocycles. The maximum absolute atomic E-state index is 11.7. The predicted molar refractivity (Wildman–Crippen MR) is 61.2 cm³/mol. The van der Waals surface area contributed by atoms with Gasteiger partial charge in [-0.3, -0.25) is 9.89 Å². The van der Waals surface area contributed by atoms with E-state index in [1.807, 2.05) is 0 Å². The molecule has 1 amide bonds. The van der Waals surface area contributed by atoms with Gasteiger partial charge in [0, 0.05) is 18.8 Å². The maximum atomic E-state index is 11.7. The minimum Gasteiger partial charge on any atom is -0.350 e. The molecule has 1 aromatic heterocycles. The molecule has 5 nitrogen and oxygen atoms in total. The Hall–Kier alpha value is -1.36. The van der Waals surface area contributed by atoms with E-state index >= 15 is 0 Å². The summed E-state index contributed by atoms with van der Waals surface area (Å²) in [7, 11) is 2.12. The van der Waals surface area contributed by atoms with E-state index in [0.29, 0.717) is 11.6 Å². The fourth-order valence-corrected chi connectivity index (χ4v) is 2.09. The minimum atomic E-state index is -0.0484. The number of H-pyrrole nitrogens is 1. The summed E-state index contributed by atoms with van der Waals surface area (Å²) < 4.78 is 0. The normalized spacial score (nSPS) is 21.9. The van der Waals surface area contributed by atoms with Crippen LogP contribution in [0.4, 0.5) is 0 Å². The number of carbonyl (C=O) groups is 1. The second-order valence-corrected chi connectivity index (χ2v) is 4.33. The van der Waals surface area contributed by atoms with Crippen LogP contribution in [0.25, 0.3) is 0 Å². The summed E-state index contributed by atoms with van der Waals surface area (Å²) in [5, 5.41) is 9.34. The van der Waals surface area contributed by atoms with Crippen LogP contribution in [-0.2, 0) is 0 Å². The number of carbonyl (C=O) groups excluding carboxylic acids is 1. The van der Waals surface area contributed by atoms with E-state index in [1.54, 1.807) is 12.4 Å². The lowest BCUT2D eigenvalue weighted by molar-refractivity contribution is 0.0928. The Morgan fingerprint density at radius 3 is 3.25 bits per heavy atom. The molecule has 0 aliphatic carbocycles. The molecular formula is C11H18N4O. The molecule has 1 saturated heterocycles. The van der Waals surface area contributed by atoms with Crippen LogP contribution in [0, 0.1) is 0 Å². The van der Waals surface area contributed by atoms with Crippen molar-refractivity contribution in [2.24, 2.45) is 0 Å². The summed E-state index contributed by atoms with van der Waals surface area (Å²) in [6.45, 7) is 1.85. The zero-order chi connectivity index (χ0) is 11.4. The fraction of sp³-hybridized carbons (Fsp3) is 0.636. The second-order valence-electron chi connectivity index (χ2n) is 4.33. The summed E-state index contributed by atoms with van der Waals surface area (Å²) in [5.41, 5.74) is 0.596. The molecule has 1 aliphatic heterocycles. The summed E-state index contributed by atoms with van der Waals surface area (Å²) in [5.74, 6) is -0.0484. The number of aromatic nitrogens is 2. The first kappa shape index (κ1) is 11.1. The van der Waals surface area contributed by atoms with Gasteiger partial charge in [0.1, 0.15) is 0 Å². The minimum absolute atomic E-state index is 0.0484. The molecule has 0 radical (unpaired) electrons. The van der Waals surface area contributed by atoms with Crippen LogP contribution in [0.2, 0.25) is 0 Å². The van der Waals surface area contributed by atoms with Gasteiger partial charge >= 0.3 is 0 Å². The van der Waals surface area contributed by atoms with E-state index in [0.717, 1.165) is 13.1 Å². The molecule has 1 aromatic rings. The number of likely N-dealkylation sites (N-methyl/N-ethyl adjacent to an activating group) is 1. The average Bonchev–Trinajstić information content (AvgIpc) is 2.81. The van der Waals surface area contributed by atoms with Gasteiger partial charge in [-0.15, -0.1) is 0 Å². The van der Waals surface area contributed by atoms with Crippen LogP contribution in [0.3, 0.4) is 0 Å². The van der Waals surface area contributed by atoms with Crippen molar-refractivity contribution in [2.75, 3.05) is 20.1 Å². The number of hydrogen-bond acceptors (Lipinski definition) is 3. The number of nitrogens with zero attached hydrogens (tertiary/aromatic N) is 2. The maximum Gasteiger partial charge on any atom is 0.254 e.